The molecule has 0 saturated heterocycles. The number of benzene rings is 1. The van der Waals surface area contributed by atoms with Gasteiger partial charge in [0, 0.05) is 5.56 Å². The standard InChI is InChI=1S/C13H13FO2S/c1-9(15)12-6-11(14)2-3-13(12)16-7-10-4-5-17-8-10/h2-6,8-9,15H,7H2,1H3/t9-/m1/s1. The maximum atomic E-state index is 13.1. The molecule has 0 saturated carbocycles. The van der Waals surface area contributed by atoms with Crippen molar-refractivity contribution in [1.29, 1.82) is 0 Å². The van der Waals surface area contributed by atoms with Gasteiger partial charge in [0.15, 0.2) is 0 Å². The maximum Gasteiger partial charge on any atom is 0.125 e. The molecule has 1 atom stereocenters. The van der Waals surface area contributed by atoms with Crippen molar-refractivity contribution < 1.29 is 14.2 Å². The molecule has 4 heteroatoms. The van der Waals surface area contributed by atoms with Gasteiger partial charge in [-0.25, -0.2) is 4.39 Å². The Balaban J connectivity index is 2.14. The Hall–Kier alpha value is -1.39. The summed E-state index contributed by atoms with van der Waals surface area (Å²) in [6.45, 7) is 2.01. The SMILES string of the molecule is C[C@@H](O)c1cc(F)ccc1OCc1ccsc1. The molecule has 0 radical (unpaired) electrons. The molecule has 2 aromatic rings. The topological polar surface area (TPSA) is 29.5 Å². The fourth-order valence-electron chi connectivity index (χ4n) is 1.51. The van der Waals surface area contributed by atoms with Gasteiger partial charge in [0.25, 0.3) is 0 Å². The Morgan fingerprint density at radius 3 is 2.88 bits per heavy atom. The van der Waals surface area contributed by atoms with Crippen molar-refractivity contribution in [2.75, 3.05) is 0 Å². The number of ether oxygens (including phenoxy) is 1. The minimum Gasteiger partial charge on any atom is -0.488 e. The van der Waals surface area contributed by atoms with Gasteiger partial charge in [-0.3, -0.25) is 0 Å². The van der Waals surface area contributed by atoms with E-state index in [0.29, 0.717) is 17.9 Å². The first-order chi connectivity index (χ1) is 8.16. The zero-order valence-electron chi connectivity index (χ0n) is 9.39. The molecule has 0 bridgehead atoms. The van der Waals surface area contributed by atoms with Gasteiger partial charge >= 0.3 is 0 Å². The van der Waals surface area contributed by atoms with Crippen LogP contribution in [-0.4, -0.2) is 5.11 Å². The van der Waals surface area contributed by atoms with Crippen molar-refractivity contribution in [3.63, 3.8) is 0 Å². The predicted octanol–water partition coefficient (Wildman–Crippen LogP) is 3.52. The second-order valence-electron chi connectivity index (χ2n) is 3.78. The third kappa shape index (κ3) is 3.05. The van der Waals surface area contributed by atoms with Crippen LogP contribution in [0.3, 0.4) is 0 Å². The first-order valence-corrected chi connectivity index (χ1v) is 6.22. The lowest BCUT2D eigenvalue weighted by Gasteiger charge is -2.13. The number of hydrogen-bond acceptors (Lipinski definition) is 3. The highest BCUT2D eigenvalue weighted by atomic mass is 32.1. The second kappa shape index (κ2) is 5.29. The summed E-state index contributed by atoms with van der Waals surface area (Å²) in [6.07, 6.45) is -0.747. The summed E-state index contributed by atoms with van der Waals surface area (Å²) < 4.78 is 18.6. The molecule has 1 N–H and O–H groups in total. The van der Waals surface area contributed by atoms with Gasteiger partial charge in [-0.1, -0.05) is 0 Å². The van der Waals surface area contributed by atoms with Crippen LogP contribution in [-0.2, 0) is 6.61 Å². The van der Waals surface area contributed by atoms with Crippen molar-refractivity contribution in [1.82, 2.24) is 0 Å². The van der Waals surface area contributed by atoms with Gasteiger partial charge in [0.2, 0.25) is 0 Å². The normalized spacial score (nSPS) is 12.4. The summed E-state index contributed by atoms with van der Waals surface area (Å²) in [5.74, 6) is 0.149. The van der Waals surface area contributed by atoms with Gasteiger partial charge < -0.3 is 9.84 Å². The monoisotopic (exact) mass is 252 g/mol. The smallest absolute Gasteiger partial charge is 0.125 e. The largest absolute Gasteiger partial charge is 0.488 e. The Morgan fingerprint density at radius 2 is 2.24 bits per heavy atom. The number of halogens is 1. The number of thiophene rings is 1. The van der Waals surface area contributed by atoms with E-state index in [4.69, 9.17) is 4.74 Å². The van der Waals surface area contributed by atoms with Crippen molar-refractivity contribution in [3.05, 3.63) is 52.0 Å². The van der Waals surface area contributed by atoms with Crippen molar-refractivity contribution in [3.8, 4) is 5.75 Å². The maximum absolute atomic E-state index is 13.1. The van der Waals surface area contributed by atoms with E-state index >= 15 is 0 Å². The predicted molar refractivity (Wildman–Crippen MR) is 65.7 cm³/mol. The zero-order chi connectivity index (χ0) is 12.3. The van der Waals surface area contributed by atoms with Crippen molar-refractivity contribution in [2.45, 2.75) is 19.6 Å². The van der Waals surface area contributed by atoms with E-state index in [2.05, 4.69) is 0 Å². The van der Waals surface area contributed by atoms with Crippen LogP contribution in [0.5, 0.6) is 5.75 Å². The Morgan fingerprint density at radius 1 is 1.41 bits per heavy atom. The lowest BCUT2D eigenvalue weighted by Crippen LogP contribution is -2.01. The lowest BCUT2D eigenvalue weighted by molar-refractivity contribution is 0.189. The minimum absolute atomic E-state index is 0.371. The van der Waals surface area contributed by atoms with Crippen LogP contribution in [0.1, 0.15) is 24.2 Å². The summed E-state index contributed by atoms with van der Waals surface area (Å²) in [5, 5.41) is 13.5. The van der Waals surface area contributed by atoms with Crippen LogP contribution in [0.25, 0.3) is 0 Å². The van der Waals surface area contributed by atoms with Gasteiger partial charge in [-0.05, 0) is 47.5 Å². The van der Waals surface area contributed by atoms with E-state index in [0.717, 1.165) is 5.56 Å². The van der Waals surface area contributed by atoms with Gasteiger partial charge in [0.05, 0.1) is 6.10 Å². The summed E-state index contributed by atoms with van der Waals surface area (Å²) in [5.41, 5.74) is 1.54. The highest BCUT2D eigenvalue weighted by Gasteiger charge is 2.10. The van der Waals surface area contributed by atoms with Gasteiger partial charge in [-0.15, -0.1) is 0 Å². The first kappa shape index (κ1) is 12.1. The van der Waals surface area contributed by atoms with Gasteiger partial charge in [-0.2, -0.15) is 11.3 Å². The highest BCUT2D eigenvalue weighted by molar-refractivity contribution is 7.07. The molecule has 0 aliphatic carbocycles. The molecule has 2 rings (SSSR count). The number of rotatable bonds is 4. The molecule has 0 spiro atoms. The Bertz CT molecular complexity index is 480. The molecule has 90 valence electrons. The third-order valence-electron chi connectivity index (χ3n) is 2.40. The van der Waals surface area contributed by atoms with Crippen LogP contribution in [0, 0.1) is 5.82 Å². The van der Waals surface area contributed by atoms with Crippen LogP contribution in [0.4, 0.5) is 4.39 Å². The molecule has 17 heavy (non-hydrogen) atoms. The molecule has 0 unspecified atom stereocenters. The molecular formula is C13H13FO2S. The van der Waals surface area contributed by atoms with E-state index < -0.39 is 6.10 Å². The van der Waals surface area contributed by atoms with E-state index in [1.165, 1.54) is 12.1 Å². The second-order valence-corrected chi connectivity index (χ2v) is 4.56. The molecule has 0 aliphatic rings. The highest BCUT2D eigenvalue weighted by Crippen LogP contribution is 2.26. The van der Waals surface area contributed by atoms with E-state index in [1.54, 1.807) is 24.3 Å². The summed E-state index contributed by atoms with van der Waals surface area (Å²) in [6, 6.07) is 6.14. The molecule has 0 fully saturated rings. The third-order valence-corrected chi connectivity index (χ3v) is 3.13. The fourth-order valence-corrected chi connectivity index (χ4v) is 2.17. The quantitative estimate of drug-likeness (QED) is 0.902. The Kier molecular flexibility index (Phi) is 3.76. The number of hydrogen-bond donors (Lipinski definition) is 1. The number of aliphatic hydroxyl groups is 1. The first-order valence-electron chi connectivity index (χ1n) is 5.28. The summed E-state index contributed by atoms with van der Waals surface area (Å²) in [7, 11) is 0. The molecule has 1 aromatic carbocycles. The summed E-state index contributed by atoms with van der Waals surface area (Å²) >= 11 is 1.60. The van der Waals surface area contributed by atoms with Crippen LogP contribution < -0.4 is 4.74 Å². The van der Waals surface area contributed by atoms with Crippen molar-refractivity contribution in [2.24, 2.45) is 0 Å². The average Bonchev–Trinajstić information content (AvgIpc) is 2.80. The minimum atomic E-state index is -0.747. The molecule has 1 heterocycles. The zero-order valence-corrected chi connectivity index (χ0v) is 10.2. The van der Waals surface area contributed by atoms with E-state index in [1.807, 2.05) is 16.8 Å². The molecule has 1 aromatic heterocycles. The van der Waals surface area contributed by atoms with Crippen molar-refractivity contribution >= 4 is 11.3 Å². The van der Waals surface area contributed by atoms with E-state index in [-0.39, 0.29) is 5.82 Å². The molecule has 0 aliphatic heterocycles. The summed E-state index contributed by atoms with van der Waals surface area (Å²) in [4.78, 5) is 0. The van der Waals surface area contributed by atoms with E-state index in [9.17, 15) is 9.50 Å². The van der Waals surface area contributed by atoms with Crippen LogP contribution in [0.15, 0.2) is 35.0 Å². The van der Waals surface area contributed by atoms with Crippen LogP contribution >= 0.6 is 11.3 Å². The number of aliphatic hydroxyl groups excluding tert-OH is 1. The average molecular weight is 252 g/mol. The molecular weight excluding hydrogens is 239 g/mol. The van der Waals surface area contributed by atoms with Gasteiger partial charge in [0.1, 0.15) is 18.2 Å². The molecule has 2 nitrogen and oxygen atoms in total. The molecule has 0 amide bonds. The van der Waals surface area contributed by atoms with Crippen LogP contribution in [0.2, 0.25) is 0 Å². The fraction of sp³-hybridized carbons (Fsp3) is 0.231. The Labute approximate surface area is 103 Å². The lowest BCUT2D eigenvalue weighted by atomic mass is 10.1.